The van der Waals surface area contributed by atoms with Crippen molar-refractivity contribution in [3.05, 3.63) is 58.1 Å². The molecule has 1 aliphatic heterocycles. The fraction of sp³-hybridized carbons (Fsp3) is 0.364. The van der Waals surface area contributed by atoms with Gasteiger partial charge >= 0.3 is 6.18 Å². The molecule has 8 heteroatoms. The van der Waals surface area contributed by atoms with Crippen molar-refractivity contribution >= 4 is 34.9 Å². The summed E-state index contributed by atoms with van der Waals surface area (Å²) in [7, 11) is 0. The molecule has 4 rings (SSSR count). The van der Waals surface area contributed by atoms with Crippen LogP contribution in [0.1, 0.15) is 37.2 Å². The summed E-state index contributed by atoms with van der Waals surface area (Å²) in [6, 6.07) is 12.2. The number of hydrogen-bond donors (Lipinski definition) is 1. The van der Waals surface area contributed by atoms with Gasteiger partial charge in [0.2, 0.25) is 5.91 Å². The number of rotatable bonds is 2. The van der Waals surface area contributed by atoms with Gasteiger partial charge in [-0.1, -0.05) is 41.4 Å². The molecular weight excluding hydrogens is 438 g/mol. The average Bonchev–Trinajstić information content (AvgIpc) is 2.92. The third kappa shape index (κ3) is 3.71. The van der Waals surface area contributed by atoms with E-state index in [0.29, 0.717) is 10.6 Å². The third-order valence-corrected chi connectivity index (χ3v) is 6.74. The van der Waals surface area contributed by atoms with Gasteiger partial charge in [-0.25, -0.2) is 0 Å². The molecule has 1 amide bonds. The molecule has 3 nitrogen and oxygen atoms in total. The van der Waals surface area contributed by atoms with Crippen LogP contribution in [0.5, 0.6) is 0 Å². The van der Waals surface area contributed by atoms with Crippen LogP contribution in [-0.2, 0) is 9.59 Å². The minimum atomic E-state index is -4.29. The second kappa shape index (κ2) is 7.57. The molecule has 1 saturated heterocycles. The van der Waals surface area contributed by atoms with Crippen LogP contribution >= 0.6 is 23.2 Å². The second-order valence-corrected chi connectivity index (χ2v) is 8.77. The first-order valence-electron chi connectivity index (χ1n) is 9.59. The number of alkyl halides is 3. The first kappa shape index (κ1) is 21.2. The number of benzene rings is 2. The zero-order valence-corrected chi connectivity index (χ0v) is 17.2. The van der Waals surface area contributed by atoms with E-state index in [1.807, 2.05) is 12.1 Å². The molecule has 1 unspecified atom stereocenters. The van der Waals surface area contributed by atoms with E-state index in [9.17, 15) is 22.8 Å². The van der Waals surface area contributed by atoms with Crippen LogP contribution in [0.15, 0.2) is 42.5 Å². The number of amides is 1. The Labute approximate surface area is 181 Å². The van der Waals surface area contributed by atoms with Gasteiger partial charge in [0.1, 0.15) is 5.92 Å². The van der Waals surface area contributed by atoms with Crippen LogP contribution in [0.4, 0.5) is 13.2 Å². The highest BCUT2D eigenvalue weighted by Crippen LogP contribution is 2.46. The first-order valence-corrected chi connectivity index (χ1v) is 10.3. The molecule has 1 spiro atoms. The molecule has 1 N–H and O–H groups in total. The standard InChI is InChI=1S/C22H18Cl2F3NO2/c23-15-4-1-12(2-5-15)13-3-6-17(24)16(11-13)18-19(29)21(28-20(18)30)9-7-14(8-10-21)22(25,26)27/h1-6,11,14,18H,7-10H2,(H,28,30). The molecular formula is C22H18Cl2F3NO2. The Bertz CT molecular complexity index is 996. The minimum absolute atomic E-state index is 0.0211. The molecule has 1 aliphatic carbocycles. The quantitative estimate of drug-likeness (QED) is 0.570. The van der Waals surface area contributed by atoms with Crippen molar-refractivity contribution in [2.24, 2.45) is 5.92 Å². The van der Waals surface area contributed by atoms with E-state index in [4.69, 9.17) is 23.2 Å². The molecule has 30 heavy (non-hydrogen) atoms. The SMILES string of the molecule is O=C1NC2(CCC(C(F)(F)F)CC2)C(=O)C1c1cc(-c2ccc(Cl)cc2)ccc1Cl. The van der Waals surface area contributed by atoms with Gasteiger partial charge in [-0.15, -0.1) is 0 Å². The molecule has 0 bridgehead atoms. The van der Waals surface area contributed by atoms with E-state index < -0.39 is 35.2 Å². The Kier molecular flexibility index (Phi) is 5.35. The summed E-state index contributed by atoms with van der Waals surface area (Å²) in [6.45, 7) is 0. The minimum Gasteiger partial charge on any atom is -0.343 e. The van der Waals surface area contributed by atoms with E-state index in [0.717, 1.165) is 11.1 Å². The Morgan fingerprint density at radius 2 is 1.53 bits per heavy atom. The van der Waals surface area contributed by atoms with Gasteiger partial charge in [0.15, 0.2) is 5.78 Å². The molecule has 1 saturated carbocycles. The maximum Gasteiger partial charge on any atom is 0.391 e. The van der Waals surface area contributed by atoms with E-state index >= 15 is 0 Å². The van der Waals surface area contributed by atoms with Crippen molar-refractivity contribution in [2.75, 3.05) is 0 Å². The lowest BCUT2D eigenvalue weighted by Gasteiger charge is -2.36. The number of carbonyl (C=O) groups is 2. The highest BCUT2D eigenvalue weighted by atomic mass is 35.5. The van der Waals surface area contributed by atoms with Gasteiger partial charge in [-0.2, -0.15) is 13.2 Å². The van der Waals surface area contributed by atoms with Crippen LogP contribution in [0, 0.1) is 5.92 Å². The number of Topliss-reactive ketones (excluding diaryl/α,β-unsaturated/α-hetero) is 1. The van der Waals surface area contributed by atoms with E-state index in [2.05, 4.69) is 5.32 Å². The molecule has 2 aromatic rings. The summed E-state index contributed by atoms with van der Waals surface area (Å²) in [4.78, 5) is 26.0. The number of carbonyl (C=O) groups excluding carboxylic acids is 2. The fourth-order valence-corrected chi connectivity index (χ4v) is 4.80. The van der Waals surface area contributed by atoms with E-state index in [1.54, 1.807) is 30.3 Å². The number of ketones is 1. The monoisotopic (exact) mass is 455 g/mol. The number of hydrogen-bond acceptors (Lipinski definition) is 2. The van der Waals surface area contributed by atoms with Crippen LogP contribution in [0.25, 0.3) is 11.1 Å². The highest BCUT2D eigenvalue weighted by Gasteiger charge is 2.56. The van der Waals surface area contributed by atoms with Crippen molar-refractivity contribution < 1.29 is 22.8 Å². The molecule has 1 heterocycles. The van der Waals surface area contributed by atoms with Crippen LogP contribution < -0.4 is 5.32 Å². The summed E-state index contributed by atoms with van der Waals surface area (Å²) in [6.07, 6.45) is -4.69. The lowest BCUT2D eigenvalue weighted by atomic mass is 9.73. The maximum absolute atomic E-state index is 13.3. The Hall–Kier alpha value is -2.05. The van der Waals surface area contributed by atoms with Gasteiger partial charge < -0.3 is 5.32 Å². The highest BCUT2D eigenvalue weighted by molar-refractivity contribution is 6.33. The van der Waals surface area contributed by atoms with Crippen molar-refractivity contribution in [3.63, 3.8) is 0 Å². The molecule has 0 radical (unpaired) electrons. The van der Waals surface area contributed by atoms with E-state index in [1.165, 1.54) is 0 Å². The molecule has 2 aromatic carbocycles. The van der Waals surface area contributed by atoms with Crippen molar-refractivity contribution in [2.45, 2.75) is 43.3 Å². The van der Waals surface area contributed by atoms with Crippen molar-refractivity contribution in [1.29, 1.82) is 0 Å². The molecule has 2 aliphatic rings. The summed E-state index contributed by atoms with van der Waals surface area (Å²) in [5, 5.41) is 3.55. The predicted octanol–water partition coefficient (Wildman–Crippen LogP) is 5.93. The summed E-state index contributed by atoms with van der Waals surface area (Å²) < 4.78 is 39.1. The zero-order chi connectivity index (χ0) is 21.7. The van der Waals surface area contributed by atoms with Gasteiger partial charge in [0.05, 0.1) is 11.5 Å². The van der Waals surface area contributed by atoms with Crippen molar-refractivity contribution in [3.8, 4) is 11.1 Å². The summed E-state index contributed by atoms with van der Waals surface area (Å²) >= 11 is 12.3. The third-order valence-electron chi connectivity index (χ3n) is 6.15. The lowest BCUT2D eigenvalue weighted by Crippen LogP contribution is -2.50. The van der Waals surface area contributed by atoms with Crippen LogP contribution in [0.3, 0.4) is 0 Å². The molecule has 1 atom stereocenters. The van der Waals surface area contributed by atoms with Gasteiger partial charge in [-0.3, -0.25) is 9.59 Å². The lowest BCUT2D eigenvalue weighted by molar-refractivity contribution is -0.185. The molecule has 0 aromatic heterocycles. The summed E-state index contributed by atoms with van der Waals surface area (Å²) in [5.41, 5.74) is 0.710. The Morgan fingerprint density at radius 3 is 2.13 bits per heavy atom. The predicted molar refractivity (Wildman–Crippen MR) is 109 cm³/mol. The molecule has 158 valence electrons. The Balaban J connectivity index is 1.63. The largest absolute Gasteiger partial charge is 0.391 e. The van der Waals surface area contributed by atoms with E-state index in [-0.39, 0.29) is 30.7 Å². The average molecular weight is 456 g/mol. The molecule has 2 fully saturated rings. The van der Waals surface area contributed by atoms with Gasteiger partial charge in [0.25, 0.3) is 0 Å². The smallest absolute Gasteiger partial charge is 0.343 e. The number of nitrogens with one attached hydrogen (secondary N) is 1. The Morgan fingerprint density at radius 1 is 0.933 bits per heavy atom. The van der Waals surface area contributed by atoms with Gasteiger partial charge in [-0.05, 0) is 66.6 Å². The second-order valence-electron chi connectivity index (χ2n) is 7.93. The number of halogens is 5. The van der Waals surface area contributed by atoms with Crippen LogP contribution in [-0.4, -0.2) is 23.4 Å². The van der Waals surface area contributed by atoms with Crippen LogP contribution in [0.2, 0.25) is 10.0 Å². The normalized spacial score (nSPS) is 26.8. The van der Waals surface area contributed by atoms with Crippen molar-refractivity contribution in [1.82, 2.24) is 5.32 Å². The summed E-state index contributed by atoms with van der Waals surface area (Å²) in [5.74, 6) is -3.49. The van der Waals surface area contributed by atoms with Gasteiger partial charge in [0, 0.05) is 10.0 Å². The first-order chi connectivity index (χ1) is 14.1. The fourth-order valence-electron chi connectivity index (χ4n) is 4.44. The zero-order valence-electron chi connectivity index (χ0n) is 15.7. The topological polar surface area (TPSA) is 46.2 Å². The maximum atomic E-state index is 13.3.